The Hall–Kier alpha value is -1.97. The van der Waals surface area contributed by atoms with E-state index >= 15 is 0 Å². The lowest BCUT2D eigenvalue weighted by molar-refractivity contribution is -0.134. The minimum atomic E-state index is -0.0446. The Labute approximate surface area is 120 Å². The van der Waals surface area contributed by atoms with Gasteiger partial charge < -0.3 is 14.4 Å². The van der Waals surface area contributed by atoms with Crippen molar-refractivity contribution < 1.29 is 14.3 Å². The summed E-state index contributed by atoms with van der Waals surface area (Å²) in [5.41, 5.74) is 2.26. The average molecular weight is 275 g/mol. The zero-order valence-corrected chi connectivity index (χ0v) is 12.3. The Kier molecular flexibility index (Phi) is 4.32. The molecule has 0 radical (unpaired) electrons. The van der Waals surface area contributed by atoms with Gasteiger partial charge in [0.2, 0.25) is 5.91 Å². The van der Waals surface area contributed by atoms with Crippen LogP contribution in [0.5, 0.6) is 11.5 Å². The van der Waals surface area contributed by atoms with Gasteiger partial charge in [0.1, 0.15) is 0 Å². The Morgan fingerprint density at radius 2 is 1.90 bits per heavy atom. The van der Waals surface area contributed by atoms with E-state index in [0.29, 0.717) is 30.9 Å². The molecule has 1 atom stereocenters. The lowest BCUT2D eigenvalue weighted by atomic mass is 9.94. The number of carbonyl (C=O) groups excluding carboxylic acids is 1. The van der Waals surface area contributed by atoms with Crippen LogP contribution >= 0.6 is 0 Å². The van der Waals surface area contributed by atoms with E-state index in [-0.39, 0.29) is 11.8 Å². The van der Waals surface area contributed by atoms with Crippen molar-refractivity contribution >= 4 is 5.91 Å². The lowest BCUT2D eigenvalue weighted by Gasteiger charge is -2.18. The van der Waals surface area contributed by atoms with E-state index < -0.39 is 0 Å². The largest absolute Gasteiger partial charge is 0.493 e. The van der Waals surface area contributed by atoms with Gasteiger partial charge >= 0.3 is 0 Å². The normalized spacial score (nSPS) is 18.2. The monoisotopic (exact) mass is 275 g/mol. The van der Waals surface area contributed by atoms with E-state index in [4.69, 9.17) is 9.47 Å². The van der Waals surface area contributed by atoms with Gasteiger partial charge in [-0.3, -0.25) is 4.79 Å². The third-order valence-electron chi connectivity index (χ3n) is 3.76. The molecule has 1 aliphatic rings. The van der Waals surface area contributed by atoms with Crippen molar-refractivity contribution in [3.8, 4) is 11.5 Å². The van der Waals surface area contributed by atoms with Crippen molar-refractivity contribution in [2.24, 2.45) is 5.92 Å². The van der Waals surface area contributed by atoms with Crippen molar-refractivity contribution in [3.05, 3.63) is 35.9 Å². The van der Waals surface area contributed by atoms with Gasteiger partial charge in [-0.2, -0.15) is 0 Å². The fourth-order valence-electron chi connectivity index (χ4n) is 2.68. The minimum absolute atomic E-state index is 0.0446. The Bertz CT molecular complexity index is 525. The first kappa shape index (κ1) is 14.4. The molecular weight excluding hydrogens is 254 g/mol. The van der Waals surface area contributed by atoms with Gasteiger partial charge in [-0.1, -0.05) is 6.08 Å². The molecular formula is C16H21NO3. The summed E-state index contributed by atoms with van der Waals surface area (Å²) >= 11 is 0. The number of methoxy groups -OCH3 is 2. The number of hydrogen-bond acceptors (Lipinski definition) is 3. The Morgan fingerprint density at radius 1 is 1.30 bits per heavy atom. The number of amides is 1. The van der Waals surface area contributed by atoms with Crippen LogP contribution in [0.3, 0.4) is 0 Å². The van der Waals surface area contributed by atoms with E-state index in [2.05, 4.69) is 6.58 Å². The number of rotatable bonds is 4. The molecule has 1 aliphatic heterocycles. The Morgan fingerprint density at radius 3 is 2.45 bits per heavy atom. The van der Waals surface area contributed by atoms with Gasteiger partial charge in [0.15, 0.2) is 11.5 Å². The molecule has 4 nitrogen and oxygen atoms in total. The number of allylic oxidation sites excluding steroid dienone is 1. The first-order valence-electron chi connectivity index (χ1n) is 6.70. The van der Waals surface area contributed by atoms with Gasteiger partial charge in [-0.25, -0.2) is 0 Å². The van der Waals surface area contributed by atoms with Crippen LogP contribution in [-0.4, -0.2) is 32.1 Å². The molecule has 0 unspecified atom stereocenters. The van der Waals surface area contributed by atoms with Gasteiger partial charge in [0.25, 0.3) is 0 Å². The van der Waals surface area contributed by atoms with Crippen molar-refractivity contribution in [1.29, 1.82) is 0 Å². The molecule has 0 aromatic heterocycles. The summed E-state index contributed by atoms with van der Waals surface area (Å²) < 4.78 is 10.7. The lowest BCUT2D eigenvalue weighted by Crippen LogP contribution is -2.30. The smallest absolute Gasteiger partial charge is 0.226 e. The summed E-state index contributed by atoms with van der Waals surface area (Å²) in [6.07, 6.45) is 3.21. The molecule has 1 aromatic rings. The highest BCUT2D eigenvalue weighted by Crippen LogP contribution is 2.34. The second kappa shape index (κ2) is 5.99. The van der Waals surface area contributed by atoms with E-state index in [9.17, 15) is 4.79 Å². The molecule has 0 bridgehead atoms. The van der Waals surface area contributed by atoms with Crippen LogP contribution in [0.25, 0.3) is 0 Å². The molecule has 0 fully saturated rings. The number of nitrogens with zero attached hydrogens (tertiary/aromatic N) is 1. The van der Waals surface area contributed by atoms with Crippen molar-refractivity contribution in [2.75, 3.05) is 21.3 Å². The maximum Gasteiger partial charge on any atom is 0.226 e. The molecule has 20 heavy (non-hydrogen) atoms. The van der Waals surface area contributed by atoms with Gasteiger partial charge in [0.05, 0.1) is 14.2 Å². The quantitative estimate of drug-likeness (QED) is 0.792. The van der Waals surface area contributed by atoms with Crippen LogP contribution in [0, 0.1) is 5.92 Å². The molecule has 0 saturated carbocycles. The molecule has 108 valence electrons. The summed E-state index contributed by atoms with van der Waals surface area (Å²) in [5, 5.41) is 0. The summed E-state index contributed by atoms with van der Waals surface area (Å²) in [6.45, 7) is 4.35. The molecule has 2 rings (SSSR count). The van der Waals surface area contributed by atoms with Crippen LogP contribution in [0.2, 0.25) is 0 Å². The van der Waals surface area contributed by atoms with Gasteiger partial charge in [-0.05, 0) is 36.1 Å². The number of ether oxygens (including phenoxy) is 2. The van der Waals surface area contributed by atoms with E-state index in [1.54, 1.807) is 19.1 Å². The van der Waals surface area contributed by atoms with Gasteiger partial charge in [-0.15, -0.1) is 6.58 Å². The zero-order chi connectivity index (χ0) is 14.7. The third-order valence-corrected chi connectivity index (χ3v) is 3.76. The maximum absolute atomic E-state index is 12.3. The SMILES string of the molecule is C=CC[C@H]1Cc2cc(OC)c(OC)cc2CN(C)C1=O. The first-order valence-corrected chi connectivity index (χ1v) is 6.70. The summed E-state index contributed by atoms with van der Waals surface area (Å²) in [7, 11) is 5.08. The van der Waals surface area contributed by atoms with Crippen LogP contribution < -0.4 is 9.47 Å². The number of benzene rings is 1. The first-order chi connectivity index (χ1) is 9.60. The predicted molar refractivity (Wildman–Crippen MR) is 78.0 cm³/mol. The van der Waals surface area contributed by atoms with Crippen LogP contribution in [-0.2, 0) is 17.8 Å². The number of carbonyl (C=O) groups is 1. The molecule has 1 heterocycles. The van der Waals surface area contributed by atoms with Crippen LogP contribution in [0.4, 0.5) is 0 Å². The molecule has 0 spiro atoms. The van der Waals surface area contributed by atoms with Gasteiger partial charge in [0, 0.05) is 19.5 Å². The zero-order valence-electron chi connectivity index (χ0n) is 12.3. The molecule has 0 N–H and O–H groups in total. The summed E-state index contributed by atoms with van der Waals surface area (Å²) in [5.74, 6) is 1.53. The van der Waals surface area contributed by atoms with E-state index in [1.165, 1.54) is 0 Å². The molecule has 0 saturated heterocycles. The topological polar surface area (TPSA) is 38.8 Å². The second-order valence-electron chi connectivity index (χ2n) is 5.10. The second-order valence-corrected chi connectivity index (χ2v) is 5.10. The highest BCUT2D eigenvalue weighted by Gasteiger charge is 2.27. The molecule has 0 aliphatic carbocycles. The van der Waals surface area contributed by atoms with E-state index in [1.807, 2.05) is 25.3 Å². The summed E-state index contributed by atoms with van der Waals surface area (Å²) in [4.78, 5) is 14.1. The summed E-state index contributed by atoms with van der Waals surface area (Å²) in [6, 6.07) is 3.95. The third kappa shape index (κ3) is 2.64. The van der Waals surface area contributed by atoms with Crippen LogP contribution in [0.15, 0.2) is 24.8 Å². The van der Waals surface area contributed by atoms with Crippen molar-refractivity contribution in [3.63, 3.8) is 0 Å². The maximum atomic E-state index is 12.3. The molecule has 1 aromatic carbocycles. The van der Waals surface area contributed by atoms with E-state index in [0.717, 1.165) is 11.1 Å². The fraction of sp³-hybridized carbons (Fsp3) is 0.438. The highest BCUT2D eigenvalue weighted by atomic mass is 16.5. The predicted octanol–water partition coefficient (Wildman–Crippen LogP) is 2.41. The molecule has 4 heteroatoms. The standard InChI is InChI=1S/C16H21NO3/c1-5-6-11-7-12-8-14(19-3)15(20-4)9-13(12)10-17(2)16(11)18/h5,8-9,11H,1,6-7,10H2,2-4H3/t11-/m0/s1. The Balaban J connectivity index is 2.44. The van der Waals surface area contributed by atoms with Crippen molar-refractivity contribution in [2.45, 2.75) is 19.4 Å². The number of fused-ring (bicyclic) bond motifs is 1. The number of hydrogen-bond donors (Lipinski definition) is 0. The van der Waals surface area contributed by atoms with Crippen LogP contribution in [0.1, 0.15) is 17.5 Å². The van der Waals surface area contributed by atoms with Crippen molar-refractivity contribution in [1.82, 2.24) is 4.90 Å². The minimum Gasteiger partial charge on any atom is -0.493 e. The molecule has 1 amide bonds. The highest BCUT2D eigenvalue weighted by molar-refractivity contribution is 5.80. The fourth-order valence-corrected chi connectivity index (χ4v) is 2.68. The average Bonchev–Trinajstić information content (AvgIpc) is 2.56.